The van der Waals surface area contributed by atoms with Gasteiger partial charge >= 0.3 is 0 Å². The predicted octanol–water partition coefficient (Wildman–Crippen LogP) is 2.27. The molecule has 1 amide bonds. The molecular formula is C20H24N6O2. The van der Waals surface area contributed by atoms with Crippen molar-refractivity contribution in [3.63, 3.8) is 0 Å². The Morgan fingerprint density at radius 1 is 1.21 bits per heavy atom. The van der Waals surface area contributed by atoms with Crippen molar-refractivity contribution >= 4 is 5.91 Å². The van der Waals surface area contributed by atoms with E-state index in [0.29, 0.717) is 17.1 Å². The molecule has 0 fully saturated rings. The fourth-order valence-corrected chi connectivity index (χ4v) is 2.74. The van der Waals surface area contributed by atoms with Crippen LogP contribution in [0.25, 0.3) is 16.9 Å². The third kappa shape index (κ3) is 4.23. The number of aryl methyl sites for hydroxylation is 1. The third-order valence-electron chi connectivity index (χ3n) is 4.29. The first kappa shape index (κ1) is 19.6. The molecule has 3 rings (SSSR count). The molecule has 0 unspecified atom stereocenters. The number of hydrogen-bond acceptors (Lipinski definition) is 6. The van der Waals surface area contributed by atoms with Crippen LogP contribution in [0.1, 0.15) is 48.4 Å². The van der Waals surface area contributed by atoms with Gasteiger partial charge < -0.3 is 10.4 Å². The lowest BCUT2D eigenvalue weighted by Gasteiger charge is -2.14. The summed E-state index contributed by atoms with van der Waals surface area (Å²) in [4.78, 5) is 17.2. The Balaban J connectivity index is 2.12. The highest BCUT2D eigenvalue weighted by molar-refractivity contribution is 5.96. The van der Waals surface area contributed by atoms with E-state index in [0.717, 1.165) is 16.8 Å². The minimum atomic E-state index is -0.351. The van der Waals surface area contributed by atoms with Crippen LogP contribution in [0, 0.1) is 6.92 Å². The van der Waals surface area contributed by atoms with E-state index in [1.165, 1.54) is 0 Å². The van der Waals surface area contributed by atoms with Crippen LogP contribution in [0.5, 0.6) is 0 Å². The molecule has 28 heavy (non-hydrogen) atoms. The minimum absolute atomic E-state index is 0.114. The fraction of sp³-hybridized carbons (Fsp3) is 0.350. The summed E-state index contributed by atoms with van der Waals surface area (Å²) in [6.45, 7) is 7.58. The van der Waals surface area contributed by atoms with Crippen molar-refractivity contribution in [2.75, 3.05) is 6.61 Å². The number of benzene rings is 1. The maximum atomic E-state index is 12.7. The molecule has 2 aromatic heterocycles. The SMILES string of the molecule is Cc1ccc(-c2cc(C(=O)N[C@@H](C)CO)cc(-n3nnnc3C(C)C)c2)nc1. The first-order chi connectivity index (χ1) is 13.4. The summed E-state index contributed by atoms with van der Waals surface area (Å²) in [5.74, 6) is 0.530. The molecule has 146 valence electrons. The lowest BCUT2D eigenvalue weighted by molar-refractivity contribution is 0.0922. The number of amides is 1. The number of aromatic nitrogens is 5. The van der Waals surface area contributed by atoms with Crippen molar-refractivity contribution in [1.82, 2.24) is 30.5 Å². The maximum absolute atomic E-state index is 12.7. The summed E-state index contributed by atoms with van der Waals surface area (Å²) in [5.41, 5.74) is 3.70. The molecule has 1 aromatic carbocycles. The first-order valence-electron chi connectivity index (χ1n) is 9.17. The van der Waals surface area contributed by atoms with Crippen molar-refractivity contribution in [1.29, 1.82) is 0 Å². The molecule has 8 heteroatoms. The number of nitrogens with one attached hydrogen (secondary N) is 1. The average Bonchev–Trinajstić information content (AvgIpc) is 3.18. The number of rotatable bonds is 6. The third-order valence-corrected chi connectivity index (χ3v) is 4.29. The Morgan fingerprint density at radius 2 is 2.00 bits per heavy atom. The molecule has 3 aromatic rings. The molecular weight excluding hydrogens is 356 g/mol. The van der Waals surface area contributed by atoms with Gasteiger partial charge in [0, 0.05) is 29.3 Å². The van der Waals surface area contributed by atoms with E-state index in [1.807, 2.05) is 39.0 Å². The van der Waals surface area contributed by atoms with Gasteiger partial charge in [0.1, 0.15) is 0 Å². The summed E-state index contributed by atoms with van der Waals surface area (Å²) >= 11 is 0. The zero-order valence-electron chi connectivity index (χ0n) is 16.4. The van der Waals surface area contributed by atoms with Gasteiger partial charge in [0.2, 0.25) is 0 Å². The number of hydrogen-bond donors (Lipinski definition) is 2. The molecule has 0 radical (unpaired) electrons. The molecule has 0 aliphatic carbocycles. The zero-order chi connectivity index (χ0) is 20.3. The number of tetrazole rings is 1. The highest BCUT2D eigenvalue weighted by Crippen LogP contribution is 2.24. The average molecular weight is 380 g/mol. The number of aliphatic hydroxyl groups is 1. The second-order valence-corrected chi connectivity index (χ2v) is 7.15. The van der Waals surface area contributed by atoms with Crippen molar-refractivity contribution < 1.29 is 9.90 Å². The molecule has 0 saturated carbocycles. The molecule has 0 bridgehead atoms. The Hall–Kier alpha value is -3.13. The standard InChI is InChI=1S/C20H24N6O2/c1-12(2)19-23-24-25-26(19)17-8-15(18-6-5-13(3)10-21-18)7-16(9-17)20(28)22-14(4)11-27/h5-10,12,14,27H,11H2,1-4H3,(H,22,28)/t14-/m0/s1. The van der Waals surface area contributed by atoms with E-state index in [1.54, 1.807) is 29.9 Å². The van der Waals surface area contributed by atoms with Crippen molar-refractivity contribution in [3.05, 3.63) is 53.5 Å². The Kier molecular flexibility index (Phi) is 5.79. The molecule has 0 aliphatic heterocycles. The number of nitrogens with zero attached hydrogens (tertiary/aromatic N) is 5. The highest BCUT2D eigenvalue weighted by atomic mass is 16.3. The van der Waals surface area contributed by atoms with E-state index >= 15 is 0 Å². The lowest BCUT2D eigenvalue weighted by Crippen LogP contribution is -2.35. The Labute approximate surface area is 163 Å². The van der Waals surface area contributed by atoms with E-state index in [9.17, 15) is 9.90 Å². The molecule has 2 N–H and O–H groups in total. The van der Waals surface area contributed by atoms with Gasteiger partial charge in [-0.25, -0.2) is 0 Å². The number of carbonyl (C=O) groups is 1. The van der Waals surface area contributed by atoms with E-state index in [2.05, 4.69) is 25.8 Å². The van der Waals surface area contributed by atoms with Crippen LogP contribution in [0.4, 0.5) is 0 Å². The Morgan fingerprint density at radius 3 is 2.64 bits per heavy atom. The molecule has 2 heterocycles. The van der Waals surface area contributed by atoms with Gasteiger partial charge in [0.05, 0.1) is 18.0 Å². The van der Waals surface area contributed by atoms with Gasteiger partial charge in [-0.3, -0.25) is 9.78 Å². The van der Waals surface area contributed by atoms with Crippen LogP contribution in [-0.2, 0) is 0 Å². The van der Waals surface area contributed by atoms with Crippen molar-refractivity contribution in [3.8, 4) is 16.9 Å². The largest absolute Gasteiger partial charge is 0.394 e. The van der Waals surface area contributed by atoms with Crippen LogP contribution < -0.4 is 5.32 Å². The van der Waals surface area contributed by atoms with Crippen LogP contribution >= 0.6 is 0 Å². The highest BCUT2D eigenvalue weighted by Gasteiger charge is 2.17. The van der Waals surface area contributed by atoms with Crippen molar-refractivity contribution in [2.24, 2.45) is 0 Å². The van der Waals surface area contributed by atoms with Gasteiger partial charge in [0.25, 0.3) is 5.91 Å². The number of aliphatic hydroxyl groups excluding tert-OH is 1. The van der Waals surface area contributed by atoms with Crippen molar-refractivity contribution in [2.45, 2.75) is 39.7 Å². The summed E-state index contributed by atoms with van der Waals surface area (Å²) in [5, 5.41) is 24.0. The fourth-order valence-electron chi connectivity index (χ4n) is 2.74. The van der Waals surface area contributed by atoms with Crippen LogP contribution in [0.3, 0.4) is 0 Å². The predicted molar refractivity (Wildman–Crippen MR) is 105 cm³/mol. The summed E-state index contributed by atoms with van der Waals surface area (Å²) < 4.78 is 1.63. The van der Waals surface area contributed by atoms with Gasteiger partial charge in [-0.2, -0.15) is 4.68 Å². The van der Waals surface area contributed by atoms with Gasteiger partial charge in [-0.15, -0.1) is 5.10 Å². The quantitative estimate of drug-likeness (QED) is 0.679. The van der Waals surface area contributed by atoms with Gasteiger partial charge in [0.15, 0.2) is 5.82 Å². The van der Waals surface area contributed by atoms with Crippen LogP contribution in [0.15, 0.2) is 36.5 Å². The van der Waals surface area contributed by atoms with Gasteiger partial charge in [-0.05, 0) is 54.1 Å². The normalized spacial score (nSPS) is 12.2. The second-order valence-electron chi connectivity index (χ2n) is 7.15. The number of carbonyl (C=O) groups excluding carboxylic acids is 1. The minimum Gasteiger partial charge on any atom is -0.394 e. The summed E-state index contributed by atoms with van der Waals surface area (Å²) in [7, 11) is 0. The monoisotopic (exact) mass is 380 g/mol. The molecule has 0 aliphatic rings. The summed E-state index contributed by atoms with van der Waals surface area (Å²) in [6, 6.07) is 8.96. The van der Waals surface area contributed by atoms with Crippen LogP contribution in [-0.4, -0.2) is 48.9 Å². The Bertz CT molecular complexity index is 965. The number of pyridine rings is 1. The lowest BCUT2D eigenvalue weighted by atomic mass is 10.0. The first-order valence-corrected chi connectivity index (χ1v) is 9.17. The molecule has 0 spiro atoms. The topological polar surface area (TPSA) is 106 Å². The van der Waals surface area contributed by atoms with Gasteiger partial charge in [-0.1, -0.05) is 19.9 Å². The molecule has 1 atom stereocenters. The second kappa shape index (κ2) is 8.26. The summed E-state index contributed by atoms with van der Waals surface area (Å²) in [6.07, 6.45) is 1.78. The van der Waals surface area contributed by atoms with Crippen LogP contribution in [0.2, 0.25) is 0 Å². The molecule has 0 saturated heterocycles. The van der Waals surface area contributed by atoms with E-state index < -0.39 is 0 Å². The smallest absolute Gasteiger partial charge is 0.251 e. The molecule has 8 nitrogen and oxygen atoms in total. The van der Waals surface area contributed by atoms with E-state index in [-0.39, 0.29) is 24.5 Å². The zero-order valence-corrected chi connectivity index (χ0v) is 16.4. The maximum Gasteiger partial charge on any atom is 0.251 e. The van der Waals surface area contributed by atoms with E-state index in [4.69, 9.17) is 0 Å².